The van der Waals surface area contributed by atoms with Gasteiger partial charge < -0.3 is 5.11 Å². The number of carboxylic acid groups (broad SMARTS) is 1. The Morgan fingerprint density at radius 1 is 1.43 bits per heavy atom. The molecule has 5 nitrogen and oxygen atoms in total. The van der Waals surface area contributed by atoms with E-state index in [1.807, 2.05) is 11.9 Å². The summed E-state index contributed by atoms with van der Waals surface area (Å²) in [6, 6.07) is 0.385. The molecular weight excluding hydrogens is 286 g/mol. The van der Waals surface area contributed by atoms with Crippen LogP contribution in [0.25, 0.3) is 0 Å². The Hall–Kier alpha value is -0.980. The molecule has 0 bridgehead atoms. The summed E-state index contributed by atoms with van der Waals surface area (Å²) in [6.45, 7) is 7.38. The highest BCUT2D eigenvalue weighted by atomic mass is 32.1. The fourth-order valence-electron chi connectivity index (χ4n) is 3.00. The molecule has 2 heterocycles. The number of rotatable bonds is 5. The maximum Gasteiger partial charge on any atom is 0.317 e. The average Bonchev–Trinajstić information content (AvgIpc) is 2.61. The van der Waals surface area contributed by atoms with E-state index >= 15 is 0 Å². The van der Waals surface area contributed by atoms with Crippen molar-refractivity contribution in [2.24, 2.45) is 0 Å². The highest BCUT2D eigenvalue weighted by Crippen LogP contribution is 2.22. The van der Waals surface area contributed by atoms with E-state index in [1.165, 1.54) is 4.88 Å². The van der Waals surface area contributed by atoms with Crippen LogP contribution in [-0.4, -0.2) is 58.6 Å². The number of thiazole rings is 1. The second-order valence-electron chi connectivity index (χ2n) is 5.91. The summed E-state index contributed by atoms with van der Waals surface area (Å²) in [5, 5.41) is 10.0. The Kier molecular flexibility index (Phi) is 5.72. The van der Waals surface area contributed by atoms with Crippen molar-refractivity contribution in [1.29, 1.82) is 0 Å². The van der Waals surface area contributed by atoms with Crippen molar-refractivity contribution in [1.82, 2.24) is 14.8 Å². The molecule has 1 atom stereocenters. The summed E-state index contributed by atoms with van der Waals surface area (Å²) in [5.74, 6) is -0.741. The number of carbonyl (C=O) groups is 1. The van der Waals surface area contributed by atoms with Crippen LogP contribution in [0, 0.1) is 13.8 Å². The number of aromatic nitrogens is 1. The van der Waals surface area contributed by atoms with Crippen molar-refractivity contribution in [2.45, 2.75) is 45.7 Å². The van der Waals surface area contributed by atoms with Gasteiger partial charge in [-0.3, -0.25) is 14.6 Å². The number of aliphatic carboxylic acids is 1. The van der Waals surface area contributed by atoms with Gasteiger partial charge in [0.05, 0.1) is 17.2 Å². The molecule has 0 aliphatic carbocycles. The predicted molar refractivity (Wildman–Crippen MR) is 84.8 cm³/mol. The topological polar surface area (TPSA) is 56.7 Å². The molecule has 1 aromatic rings. The van der Waals surface area contributed by atoms with Gasteiger partial charge in [-0.25, -0.2) is 4.98 Å². The molecule has 1 aromatic heterocycles. The summed E-state index contributed by atoms with van der Waals surface area (Å²) in [5.41, 5.74) is 1.15. The van der Waals surface area contributed by atoms with E-state index in [9.17, 15) is 4.79 Å². The highest BCUT2D eigenvalue weighted by Gasteiger charge is 2.22. The van der Waals surface area contributed by atoms with Crippen LogP contribution in [-0.2, 0) is 11.3 Å². The minimum Gasteiger partial charge on any atom is -0.480 e. The van der Waals surface area contributed by atoms with E-state index in [0.29, 0.717) is 6.04 Å². The molecule has 0 radical (unpaired) electrons. The summed E-state index contributed by atoms with van der Waals surface area (Å²) in [4.78, 5) is 21.1. The number of likely N-dealkylation sites (N-methyl/N-ethyl adjacent to an activating group) is 1. The second kappa shape index (κ2) is 7.33. The molecule has 1 aliphatic heterocycles. The molecule has 0 saturated carbocycles. The Morgan fingerprint density at radius 2 is 2.19 bits per heavy atom. The summed E-state index contributed by atoms with van der Waals surface area (Å²) in [7, 11) is 1.92. The second-order valence-corrected chi connectivity index (χ2v) is 7.20. The van der Waals surface area contributed by atoms with Gasteiger partial charge in [0.25, 0.3) is 0 Å². The van der Waals surface area contributed by atoms with Gasteiger partial charge in [0.1, 0.15) is 0 Å². The van der Waals surface area contributed by atoms with E-state index in [4.69, 9.17) is 5.11 Å². The van der Waals surface area contributed by atoms with Crippen LogP contribution in [0.1, 0.15) is 34.8 Å². The quantitative estimate of drug-likeness (QED) is 0.903. The van der Waals surface area contributed by atoms with Crippen LogP contribution in [0.3, 0.4) is 0 Å². The summed E-state index contributed by atoms with van der Waals surface area (Å²) in [6.07, 6.45) is 3.26. The van der Waals surface area contributed by atoms with Crippen LogP contribution in [0.15, 0.2) is 0 Å². The van der Waals surface area contributed by atoms with E-state index < -0.39 is 5.97 Å². The Balaban J connectivity index is 1.88. The fraction of sp³-hybridized carbons (Fsp3) is 0.733. The number of carboxylic acids is 1. The third kappa shape index (κ3) is 4.76. The van der Waals surface area contributed by atoms with Gasteiger partial charge in [0.15, 0.2) is 0 Å². The first-order valence-corrected chi connectivity index (χ1v) is 8.34. The third-order valence-corrected chi connectivity index (χ3v) is 5.22. The summed E-state index contributed by atoms with van der Waals surface area (Å²) >= 11 is 1.79. The first-order chi connectivity index (χ1) is 9.95. The van der Waals surface area contributed by atoms with Crippen molar-refractivity contribution in [3.8, 4) is 0 Å². The lowest BCUT2D eigenvalue weighted by molar-refractivity contribution is -0.138. The largest absolute Gasteiger partial charge is 0.480 e. The lowest BCUT2D eigenvalue weighted by Crippen LogP contribution is -2.36. The minimum absolute atomic E-state index is 0.137. The van der Waals surface area contributed by atoms with Crippen LogP contribution in [0.2, 0.25) is 0 Å². The Bertz CT molecular complexity index is 489. The number of likely N-dealkylation sites (tertiary alicyclic amines) is 1. The molecule has 1 fully saturated rings. The van der Waals surface area contributed by atoms with Crippen molar-refractivity contribution >= 4 is 17.3 Å². The molecule has 1 saturated heterocycles. The van der Waals surface area contributed by atoms with Gasteiger partial charge >= 0.3 is 5.97 Å². The van der Waals surface area contributed by atoms with Crippen molar-refractivity contribution < 1.29 is 9.90 Å². The lowest BCUT2D eigenvalue weighted by Gasteiger charge is -2.25. The Labute approximate surface area is 130 Å². The molecular formula is C15H25N3O2S. The van der Waals surface area contributed by atoms with Gasteiger partial charge in [0, 0.05) is 24.0 Å². The smallest absolute Gasteiger partial charge is 0.317 e. The van der Waals surface area contributed by atoms with Gasteiger partial charge in [-0.1, -0.05) is 0 Å². The SMILES string of the molecule is Cc1nc(C)c(CN2CCCC(N(C)CC(=O)O)CC2)s1. The lowest BCUT2D eigenvalue weighted by atomic mass is 10.1. The molecule has 6 heteroatoms. The molecule has 1 aliphatic rings. The molecule has 0 aromatic carbocycles. The van der Waals surface area contributed by atoms with E-state index in [1.54, 1.807) is 11.3 Å². The first-order valence-electron chi connectivity index (χ1n) is 7.53. The zero-order valence-electron chi connectivity index (χ0n) is 13.1. The van der Waals surface area contributed by atoms with Crippen molar-refractivity contribution in [2.75, 3.05) is 26.7 Å². The van der Waals surface area contributed by atoms with Gasteiger partial charge in [-0.05, 0) is 46.7 Å². The average molecular weight is 311 g/mol. The van der Waals surface area contributed by atoms with Gasteiger partial charge in [-0.15, -0.1) is 11.3 Å². The van der Waals surface area contributed by atoms with E-state index in [0.717, 1.165) is 49.6 Å². The highest BCUT2D eigenvalue weighted by molar-refractivity contribution is 7.11. The normalized spacial score (nSPS) is 20.7. The first kappa shape index (κ1) is 16.4. The molecule has 0 spiro atoms. The maximum atomic E-state index is 10.8. The monoisotopic (exact) mass is 311 g/mol. The van der Waals surface area contributed by atoms with Gasteiger partial charge in [0.2, 0.25) is 0 Å². The molecule has 1 N–H and O–H groups in total. The minimum atomic E-state index is -0.741. The fourth-order valence-corrected chi connectivity index (χ4v) is 3.98. The molecule has 0 amide bonds. The Morgan fingerprint density at radius 3 is 2.81 bits per heavy atom. The van der Waals surface area contributed by atoms with Crippen LogP contribution < -0.4 is 0 Å². The van der Waals surface area contributed by atoms with Crippen LogP contribution >= 0.6 is 11.3 Å². The summed E-state index contributed by atoms with van der Waals surface area (Å²) < 4.78 is 0. The van der Waals surface area contributed by atoms with Gasteiger partial charge in [-0.2, -0.15) is 0 Å². The zero-order chi connectivity index (χ0) is 15.4. The number of hydrogen-bond acceptors (Lipinski definition) is 5. The van der Waals surface area contributed by atoms with Crippen molar-refractivity contribution in [3.63, 3.8) is 0 Å². The number of nitrogens with zero attached hydrogens (tertiary/aromatic N) is 3. The van der Waals surface area contributed by atoms with Crippen LogP contribution in [0.4, 0.5) is 0 Å². The van der Waals surface area contributed by atoms with E-state index in [2.05, 4.69) is 23.7 Å². The zero-order valence-corrected chi connectivity index (χ0v) is 13.9. The van der Waals surface area contributed by atoms with E-state index in [-0.39, 0.29) is 6.54 Å². The van der Waals surface area contributed by atoms with Crippen LogP contribution in [0.5, 0.6) is 0 Å². The maximum absolute atomic E-state index is 10.8. The number of hydrogen-bond donors (Lipinski definition) is 1. The third-order valence-electron chi connectivity index (χ3n) is 4.17. The standard InChI is InChI=1S/C15H25N3O2S/c1-11-14(21-12(2)16-11)9-18-7-4-5-13(6-8-18)17(3)10-15(19)20/h13H,4-10H2,1-3H3,(H,19,20). The molecule has 1 unspecified atom stereocenters. The van der Waals surface area contributed by atoms with Crippen molar-refractivity contribution in [3.05, 3.63) is 15.6 Å². The molecule has 2 rings (SSSR count). The molecule has 21 heavy (non-hydrogen) atoms. The molecule has 118 valence electrons. The number of aryl methyl sites for hydroxylation is 2. The predicted octanol–water partition coefficient (Wildman–Crippen LogP) is 2.13.